The molecule has 162 valence electrons. The number of aromatic nitrogens is 3. The van der Waals surface area contributed by atoms with Crippen molar-refractivity contribution in [3.8, 4) is 0 Å². The van der Waals surface area contributed by atoms with Crippen LogP contribution in [0, 0.1) is 0 Å². The molecule has 0 amide bonds. The fourth-order valence-electron chi connectivity index (χ4n) is 2.95. The van der Waals surface area contributed by atoms with Gasteiger partial charge in [-0.1, -0.05) is 12.1 Å². The van der Waals surface area contributed by atoms with E-state index in [-0.39, 0.29) is 23.0 Å². The van der Waals surface area contributed by atoms with Crippen LogP contribution >= 0.6 is 0 Å². The van der Waals surface area contributed by atoms with E-state index in [0.717, 1.165) is 40.9 Å². The fourth-order valence-corrected chi connectivity index (χ4v) is 2.95. The van der Waals surface area contributed by atoms with Crippen LogP contribution in [0.15, 0.2) is 36.4 Å². The molecule has 1 aromatic carbocycles. The molecular formula is C18H17F6N5O. The van der Waals surface area contributed by atoms with Gasteiger partial charge in [0.05, 0.1) is 22.8 Å². The molecular weight excluding hydrogens is 416 g/mol. The predicted molar refractivity (Wildman–Crippen MR) is 96.5 cm³/mol. The highest BCUT2D eigenvalue weighted by Gasteiger charge is 2.35. The lowest BCUT2D eigenvalue weighted by atomic mass is 9.91. The standard InChI is InChI=1S/C18H17F6N5O/c1-16(2,30)14(9-3-5-10(6-4-9)17(19,20)21)26-12-7-11(18(22,23)24)8-13-27-15(25)28-29(12)13/h3-8,14,26,30H,1-2H3,(H2,25,28)/t14-/m0/s1. The highest BCUT2D eigenvalue weighted by molar-refractivity contribution is 5.56. The van der Waals surface area contributed by atoms with Crippen LogP contribution < -0.4 is 11.1 Å². The van der Waals surface area contributed by atoms with Crippen LogP contribution in [0.1, 0.15) is 36.6 Å². The average molecular weight is 433 g/mol. The number of alkyl halides is 6. The molecule has 0 aliphatic heterocycles. The maximum atomic E-state index is 13.3. The number of anilines is 2. The lowest BCUT2D eigenvalue weighted by Gasteiger charge is -2.31. The van der Waals surface area contributed by atoms with Crippen LogP contribution in [0.3, 0.4) is 0 Å². The quantitative estimate of drug-likeness (QED) is 0.535. The summed E-state index contributed by atoms with van der Waals surface area (Å²) >= 11 is 0. The second-order valence-corrected chi connectivity index (χ2v) is 7.22. The van der Waals surface area contributed by atoms with Crippen LogP contribution in [0.25, 0.3) is 5.65 Å². The Morgan fingerprint density at radius 3 is 2.03 bits per heavy atom. The van der Waals surface area contributed by atoms with Crippen molar-refractivity contribution in [2.24, 2.45) is 0 Å². The second kappa shape index (κ2) is 7.04. The molecule has 12 heteroatoms. The molecule has 4 N–H and O–H groups in total. The average Bonchev–Trinajstić information content (AvgIpc) is 2.97. The summed E-state index contributed by atoms with van der Waals surface area (Å²) in [4.78, 5) is 3.73. The number of aliphatic hydroxyl groups is 1. The van der Waals surface area contributed by atoms with Gasteiger partial charge in [-0.25, -0.2) is 0 Å². The fraction of sp³-hybridized carbons (Fsp3) is 0.333. The van der Waals surface area contributed by atoms with Crippen LogP contribution in [0.5, 0.6) is 0 Å². The van der Waals surface area contributed by atoms with Gasteiger partial charge in [0.2, 0.25) is 5.95 Å². The number of nitrogens with one attached hydrogen (secondary N) is 1. The van der Waals surface area contributed by atoms with Crippen LogP contribution in [-0.4, -0.2) is 25.3 Å². The van der Waals surface area contributed by atoms with E-state index in [9.17, 15) is 31.4 Å². The molecule has 0 unspecified atom stereocenters. The van der Waals surface area contributed by atoms with E-state index in [2.05, 4.69) is 15.4 Å². The van der Waals surface area contributed by atoms with Gasteiger partial charge in [-0.15, -0.1) is 5.10 Å². The Kier molecular flexibility index (Phi) is 5.09. The highest BCUT2D eigenvalue weighted by atomic mass is 19.4. The second-order valence-electron chi connectivity index (χ2n) is 7.22. The summed E-state index contributed by atoms with van der Waals surface area (Å²) in [5, 5.41) is 17.1. The van der Waals surface area contributed by atoms with E-state index >= 15 is 0 Å². The van der Waals surface area contributed by atoms with Crippen molar-refractivity contribution in [2.45, 2.75) is 37.8 Å². The van der Waals surface area contributed by atoms with Gasteiger partial charge in [-0.05, 0) is 43.7 Å². The molecule has 0 saturated carbocycles. The number of hydrogen-bond acceptors (Lipinski definition) is 5. The minimum atomic E-state index is -4.70. The minimum absolute atomic E-state index is 0.188. The van der Waals surface area contributed by atoms with Gasteiger partial charge in [-0.3, -0.25) is 0 Å². The van der Waals surface area contributed by atoms with Crippen molar-refractivity contribution < 1.29 is 31.4 Å². The number of halogens is 6. The number of fused-ring (bicyclic) bond motifs is 1. The molecule has 0 radical (unpaired) electrons. The number of benzene rings is 1. The van der Waals surface area contributed by atoms with Gasteiger partial charge >= 0.3 is 12.4 Å². The van der Waals surface area contributed by atoms with Crippen molar-refractivity contribution in [1.82, 2.24) is 14.6 Å². The Labute approximate surface area is 166 Å². The molecule has 0 bridgehead atoms. The van der Waals surface area contributed by atoms with Crippen LogP contribution in [0.2, 0.25) is 0 Å². The van der Waals surface area contributed by atoms with E-state index in [1.54, 1.807) is 0 Å². The molecule has 3 rings (SSSR count). The van der Waals surface area contributed by atoms with Crippen LogP contribution in [-0.2, 0) is 12.4 Å². The lowest BCUT2D eigenvalue weighted by molar-refractivity contribution is -0.138. The van der Waals surface area contributed by atoms with Gasteiger partial charge in [0.1, 0.15) is 5.82 Å². The van der Waals surface area contributed by atoms with E-state index < -0.39 is 35.1 Å². The SMILES string of the molecule is CC(C)(O)[C@@H](Nc1cc(C(F)(F)F)cc2nc(N)nn12)c1ccc(C(F)(F)F)cc1. The van der Waals surface area contributed by atoms with Crippen molar-refractivity contribution in [1.29, 1.82) is 0 Å². The normalized spacial score (nSPS) is 14.2. The topological polar surface area (TPSA) is 88.5 Å². The summed E-state index contributed by atoms with van der Waals surface area (Å²) in [6.45, 7) is 2.73. The zero-order chi connectivity index (χ0) is 22.5. The highest BCUT2D eigenvalue weighted by Crippen LogP contribution is 2.36. The largest absolute Gasteiger partial charge is 0.416 e. The Morgan fingerprint density at radius 2 is 1.53 bits per heavy atom. The molecule has 3 aromatic rings. The summed E-state index contributed by atoms with van der Waals surface area (Å²) in [7, 11) is 0. The first-order valence-electron chi connectivity index (χ1n) is 8.56. The third kappa shape index (κ3) is 4.42. The van der Waals surface area contributed by atoms with Gasteiger partial charge < -0.3 is 16.2 Å². The predicted octanol–water partition coefficient (Wildman–Crippen LogP) is 4.27. The Hall–Kier alpha value is -3.02. The number of rotatable bonds is 4. The Bertz CT molecular complexity index is 1050. The number of nitrogen functional groups attached to an aromatic ring is 1. The molecule has 0 aliphatic carbocycles. The molecule has 2 heterocycles. The van der Waals surface area contributed by atoms with Gasteiger partial charge in [-0.2, -0.15) is 35.8 Å². The van der Waals surface area contributed by atoms with Crippen molar-refractivity contribution >= 4 is 17.4 Å². The smallest absolute Gasteiger partial charge is 0.388 e. The van der Waals surface area contributed by atoms with Gasteiger partial charge in [0.25, 0.3) is 0 Å². The van der Waals surface area contributed by atoms with E-state index in [4.69, 9.17) is 5.73 Å². The maximum Gasteiger partial charge on any atom is 0.416 e. The van der Waals surface area contributed by atoms with E-state index in [1.165, 1.54) is 13.8 Å². The van der Waals surface area contributed by atoms with E-state index in [0.29, 0.717) is 0 Å². The summed E-state index contributed by atoms with van der Waals surface area (Å²) in [6.07, 6.45) is -9.25. The first-order valence-corrected chi connectivity index (χ1v) is 8.56. The van der Waals surface area contributed by atoms with Crippen molar-refractivity contribution in [3.05, 3.63) is 53.1 Å². The van der Waals surface area contributed by atoms with Gasteiger partial charge in [0.15, 0.2) is 5.65 Å². The summed E-state index contributed by atoms with van der Waals surface area (Å²) in [5.74, 6) is -0.470. The van der Waals surface area contributed by atoms with Crippen LogP contribution in [0.4, 0.5) is 38.1 Å². The summed E-state index contributed by atoms with van der Waals surface area (Å²) < 4.78 is 79.4. The molecule has 0 aliphatic rings. The molecule has 0 fully saturated rings. The minimum Gasteiger partial charge on any atom is -0.388 e. The number of nitrogens with two attached hydrogens (primary N) is 1. The number of nitrogens with zero attached hydrogens (tertiary/aromatic N) is 3. The molecule has 30 heavy (non-hydrogen) atoms. The number of hydrogen-bond donors (Lipinski definition) is 3. The first kappa shape index (κ1) is 21.7. The van der Waals surface area contributed by atoms with E-state index in [1.807, 2.05) is 0 Å². The zero-order valence-electron chi connectivity index (χ0n) is 15.7. The molecule has 1 atom stereocenters. The zero-order valence-corrected chi connectivity index (χ0v) is 15.7. The maximum absolute atomic E-state index is 13.3. The lowest BCUT2D eigenvalue weighted by Crippen LogP contribution is -2.35. The van der Waals surface area contributed by atoms with Crippen molar-refractivity contribution in [3.63, 3.8) is 0 Å². The third-order valence-electron chi connectivity index (χ3n) is 4.35. The molecule has 2 aromatic heterocycles. The summed E-state index contributed by atoms with van der Waals surface area (Å²) in [5.41, 5.74) is 2.01. The Morgan fingerprint density at radius 1 is 0.967 bits per heavy atom. The summed E-state index contributed by atoms with van der Waals surface area (Å²) in [6, 6.07) is 4.35. The first-order chi connectivity index (χ1) is 13.7. The van der Waals surface area contributed by atoms with Gasteiger partial charge in [0, 0.05) is 0 Å². The Balaban J connectivity index is 2.09. The molecule has 0 spiro atoms. The van der Waals surface area contributed by atoms with Crippen molar-refractivity contribution in [2.75, 3.05) is 11.1 Å². The molecule has 0 saturated heterocycles. The monoisotopic (exact) mass is 433 g/mol. The molecule has 6 nitrogen and oxygen atoms in total. The third-order valence-corrected chi connectivity index (χ3v) is 4.35. The number of pyridine rings is 1.